The van der Waals surface area contributed by atoms with E-state index in [0.717, 1.165) is 11.4 Å². The lowest BCUT2D eigenvalue weighted by molar-refractivity contribution is 0.883. The van der Waals surface area contributed by atoms with Crippen molar-refractivity contribution in [3.05, 3.63) is 35.9 Å². The van der Waals surface area contributed by atoms with Crippen LogP contribution in [0.4, 0.5) is 5.69 Å². The first-order valence-electron chi connectivity index (χ1n) is 5.45. The van der Waals surface area contributed by atoms with Gasteiger partial charge in [-0.05, 0) is 37.5 Å². The SMILES string of the molecule is C=C(NC1CC1)c1ccc(NC)cc1C. The maximum absolute atomic E-state index is 4.09. The minimum absolute atomic E-state index is 0.667. The molecule has 1 saturated carbocycles. The maximum Gasteiger partial charge on any atom is 0.0345 e. The second-order valence-electron chi connectivity index (χ2n) is 4.18. The summed E-state index contributed by atoms with van der Waals surface area (Å²) in [6.07, 6.45) is 2.57. The predicted octanol–water partition coefficient (Wildman–Crippen LogP) is 2.76. The Kier molecular flexibility index (Phi) is 2.67. The van der Waals surface area contributed by atoms with E-state index in [1.807, 2.05) is 7.05 Å². The molecule has 2 N–H and O–H groups in total. The van der Waals surface area contributed by atoms with Crippen LogP contribution in [0.2, 0.25) is 0 Å². The maximum atomic E-state index is 4.09. The average molecular weight is 202 g/mol. The highest BCUT2D eigenvalue weighted by atomic mass is 15.0. The third kappa shape index (κ3) is 2.32. The molecule has 0 heterocycles. The normalized spacial score (nSPS) is 14.8. The van der Waals surface area contributed by atoms with E-state index in [1.54, 1.807) is 0 Å². The monoisotopic (exact) mass is 202 g/mol. The number of nitrogens with one attached hydrogen (secondary N) is 2. The summed E-state index contributed by atoms with van der Waals surface area (Å²) in [4.78, 5) is 0. The Balaban J connectivity index is 2.15. The van der Waals surface area contributed by atoms with Crippen LogP contribution in [0, 0.1) is 6.92 Å². The van der Waals surface area contributed by atoms with E-state index in [2.05, 4.69) is 42.3 Å². The third-order valence-electron chi connectivity index (χ3n) is 2.80. The second kappa shape index (κ2) is 3.97. The van der Waals surface area contributed by atoms with Gasteiger partial charge in [-0.25, -0.2) is 0 Å². The van der Waals surface area contributed by atoms with Gasteiger partial charge in [0, 0.05) is 30.0 Å². The molecule has 80 valence electrons. The molecule has 1 fully saturated rings. The van der Waals surface area contributed by atoms with Gasteiger partial charge in [0.15, 0.2) is 0 Å². The van der Waals surface area contributed by atoms with Crippen LogP contribution in [0.15, 0.2) is 24.8 Å². The highest BCUT2D eigenvalue weighted by molar-refractivity contribution is 5.67. The minimum atomic E-state index is 0.667. The number of anilines is 1. The van der Waals surface area contributed by atoms with Crippen LogP contribution >= 0.6 is 0 Å². The Hall–Kier alpha value is -1.44. The van der Waals surface area contributed by atoms with Crippen molar-refractivity contribution in [1.29, 1.82) is 0 Å². The Morgan fingerprint density at radius 1 is 1.40 bits per heavy atom. The van der Waals surface area contributed by atoms with E-state index in [-0.39, 0.29) is 0 Å². The number of hydrogen-bond donors (Lipinski definition) is 2. The van der Waals surface area contributed by atoms with E-state index >= 15 is 0 Å². The Bertz CT molecular complexity index is 378. The fraction of sp³-hybridized carbons (Fsp3) is 0.385. The van der Waals surface area contributed by atoms with Crippen LogP contribution in [0.3, 0.4) is 0 Å². The van der Waals surface area contributed by atoms with Gasteiger partial charge in [-0.3, -0.25) is 0 Å². The molecule has 2 nitrogen and oxygen atoms in total. The Morgan fingerprint density at radius 2 is 2.13 bits per heavy atom. The lowest BCUT2D eigenvalue weighted by Gasteiger charge is -2.12. The van der Waals surface area contributed by atoms with Crippen LogP contribution in [0.1, 0.15) is 24.0 Å². The van der Waals surface area contributed by atoms with Crippen LogP contribution < -0.4 is 10.6 Å². The highest BCUT2D eigenvalue weighted by Crippen LogP contribution is 2.25. The first-order chi connectivity index (χ1) is 7.20. The van der Waals surface area contributed by atoms with Gasteiger partial charge in [0.25, 0.3) is 0 Å². The molecule has 0 radical (unpaired) electrons. The van der Waals surface area contributed by atoms with Crippen LogP contribution in [0.25, 0.3) is 5.70 Å². The Labute approximate surface area is 91.4 Å². The van der Waals surface area contributed by atoms with Crippen molar-refractivity contribution in [3.63, 3.8) is 0 Å². The molecule has 2 heteroatoms. The molecular weight excluding hydrogens is 184 g/mol. The van der Waals surface area contributed by atoms with Crippen molar-refractivity contribution in [2.45, 2.75) is 25.8 Å². The minimum Gasteiger partial charge on any atom is -0.388 e. The molecule has 0 spiro atoms. The fourth-order valence-corrected chi connectivity index (χ4v) is 1.71. The largest absolute Gasteiger partial charge is 0.388 e. The number of hydrogen-bond acceptors (Lipinski definition) is 2. The standard InChI is InChI=1S/C13H18N2/c1-9-8-12(14-3)6-7-13(9)10(2)15-11-4-5-11/h6-8,11,14-15H,2,4-5H2,1,3H3. The van der Waals surface area contributed by atoms with Crippen molar-refractivity contribution in [2.24, 2.45) is 0 Å². The molecule has 0 atom stereocenters. The lowest BCUT2D eigenvalue weighted by atomic mass is 10.1. The topological polar surface area (TPSA) is 24.1 Å². The number of aryl methyl sites for hydroxylation is 1. The summed E-state index contributed by atoms with van der Waals surface area (Å²) in [5.41, 5.74) is 4.69. The molecular formula is C13H18N2. The summed E-state index contributed by atoms with van der Waals surface area (Å²) in [7, 11) is 1.94. The summed E-state index contributed by atoms with van der Waals surface area (Å²) in [5.74, 6) is 0. The van der Waals surface area contributed by atoms with Gasteiger partial charge >= 0.3 is 0 Å². The quantitative estimate of drug-likeness (QED) is 0.784. The van der Waals surface area contributed by atoms with Gasteiger partial charge in [0.05, 0.1) is 0 Å². The van der Waals surface area contributed by atoms with Gasteiger partial charge in [-0.2, -0.15) is 0 Å². The van der Waals surface area contributed by atoms with Crippen molar-refractivity contribution in [2.75, 3.05) is 12.4 Å². The first-order valence-corrected chi connectivity index (χ1v) is 5.45. The zero-order chi connectivity index (χ0) is 10.8. The summed E-state index contributed by atoms with van der Waals surface area (Å²) in [5, 5.41) is 6.57. The number of benzene rings is 1. The predicted molar refractivity (Wildman–Crippen MR) is 65.9 cm³/mol. The van der Waals surface area contributed by atoms with E-state index in [1.165, 1.54) is 24.0 Å². The van der Waals surface area contributed by atoms with Crippen molar-refractivity contribution in [3.8, 4) is 0 Å². The number of rotatable bonds is 4. The molecule has 0 aliphatic heterocycles. The van der Waals surface area contributed by atoms with E-state index < -0.39 is 0 Å². The van der Waals surface area contributed by atoms with Crippen molar-refractivity contribution >= 4 is 11.4 Å². The van der Waals surface area contributed by atoms with Crippen LogP contribution in [0.5, 0.6) is 0 Å². The highest BCUT2D eigenvalue weighted by Gasteiger charge is 2.21. The smallest absolute Gasteiger partial charge is 0.0345 e. The third-order valence-corrected chi connectivity index (χ3v) is 2.80. The second-order valence-corrected chi connectivity index (χ2v) is 4.18. The molecule has 1 aromatic rings. The summed E-state index contributed by atoms with van der Waals surface area (Å²) < 4.78 is 0. The van der Waals surface area contributed by atoms with Gasteiger partial charge in [0.1, 0.15) is 0 Å². The molecule has 1 aromatic carbocycles. The molecule has 1 aliphatic carbocycles. The molecule has 0 aromatic heterocycles. The van der Waals surface area contributed by atoms with Gasteiger partial charge in [-0.1, -0.05) is 12.6 Å². The van der Waals surface area contributed by atoms with Crippen LogP contribution in [-0.4, -0.2) is 13.1 Å². The van der Waals surface area contributed by atoms with Crippen molar-refractivity contribution < 1.29 is 0 Å². The van der Waals surface area contributed by atoms with E-state index in [0.29, 0.717) is 6.04 Å². The van der Waals surface area contributed by atoms with E-state index in [9.17, 15) is 0 Å². The molecule has 0 unspecified atom stereocenters. The summed E-state index contributed by atoms with van der Waals surface area (Å²) >= 11 is 0. The summed E-state index contributed by atoms with van der Waals surface area (Å²) in [6.45, 7) is 6.21. The summed E-state index contributed by atoms with van der Waals surface area (Å²) in [6, 6.07) is 7.02. The first kappa shape index (κ1) is 10.1. The molecule has 2 rings (SSSR count). The molecule has 1 aliphatic rings. The zero-order valence-corrected chi connectivity index (χ0v) is 9.43. The van der Waals surface area contributed by atoms with Gasteiger partial charge < -0.3 is 10.6 Å². The lowest BCUT2D eigenvalue weighted by Crippen LogP contribution is -2.14. The fourth-order valence-electron chi connectivity index (χ4n) is 1.71. The van der Waals surface area contributed by atoms with Gasteiger partial charge in [0.2, 0.25) is 0 Å². The van der Waals surface area contributed by atoms with Crippen molar-refractivity contribution in [1.82, 2.24) is 5.32 Å². The van der Waals surface area contributed by atoms with Gasteiger partial charge in [-0.15, -0.1) is 0 Å². The van der Waals surface area contributed by atoms with Crippen LogP contribution in [-0.2, 0) is 0 Å². The molecule has 0 amide bonds. The molecule has 15 heavy (non-hydrogen) atoms. The van der Waals surface area contributed by atoms with E-state index in [4.69, 9.17) is 0 Å². The molecule has 0 bridgehead atoms. The Morgan fingerprint density at radius 3 is 2.67 bits per heavy atom. The average Bonchev–Trinajstić information content (AvgIpc) is 3.01. The zero-order valence-electron chi connectivity index (χ0n) is 9.43. The molecule has 0 saturated heterocycles.